The zero-order valence-electron chi connectivity index (χ0n) is 16.4. The molecule has 1 saturated heterocycles. The molecule has 0 saturated carbocycles. The summed E-state index contributed by atoms with van der Waals surface area (Å²) in [5, 5.41) is 3.07. The molecule has 0 bridgehead atoms. The Labute approximate surface area is 156 Å². The molecular formula is C20H31N5O. The number of hydrogen-bond acceptors (Lipinski definition) is 3. The van der Waals surface area contributed by atoms with Crippen molar-refractivity contribution in [2.45, 2.75) is 65.5 Å². The number of pyridine rings is 1. The number of aromatic nitrogens is 3. The van der Waals surface area contributed by atoms with E-state index in [0.717, 1.165) is 55.8 Å². The number of urea groups is 1. The van der Waals surface area contributed by atoms with Crippen LogP contribution in [0, 0.1) is 5.92 Å². The molecule has 2 aromatic heterocycles. The molecule has 3 rings (SSSR count). The highest BCUT2D eigenvalue weighted by molar-refractivity contribution is 5.74. The van der Waals surface area contributed by atoms with E-state index >= 15 is 0 Å². The molecule has 0 spiro atoms. The van der Waals surface area contributed by atoms with Crippen LogP contribution in [0.2, 0.25) is 0 Å². The third kappa shape index (κ3) is 4.00. The van der Waals surface area contributed by atoms with Crippen LogP contribution in [-0.2, 0) is 6.42 Å². The van der Waals surface area contributed by atoms with Gasteiger partial charge in [-0.25, -0.2) is 14.8 Å². The van der Waals surface area contributed by atoms with Crippen LogP contribution >= 0.6 is 0 Å². The van der Waals surface area contributed by atoms with E-state index in [-0.39, 0.29) is 12.1 Å². The first-order chi connectivity index (χ1) is 12.5. The summed E-state index contributed by atoms with van der Waals surface area (Å²) >= 11 is 0. The Kier molecular flexibility index (Phi) is 5.79. The van der Waals surface area contributed by atoms with Crippen LogP contribution < -0.4 is 5.32 Å². The second-order valence-corrected chi connectivity index (χ2v) is 7.82. The smallest absolute Gasteiger partial charge is 0.317 e. The number of nitrogens with one attached hydrogen (secondary N) is 1. The Hall–Kier alpha value is -2.11. The Bertz CT molecular complexity index is 746. The highest BCUT2D eigenvalue weighted by Gasteiger charge is 2.27. The summed E-state index contributed by atoms with van der Waals surface area (Å²) in [5.74, 6) is 1.67. The fraction of sp³-hybridized carbons (Fsp3) is 0.650. The fourth-order valence-corrected chi connectivity index (χ4v) is 3.60. The molecule has 0 unspecified atom stereocenters. The average Bonchev–Trinajstić information content (AvgIpc) is 2.98. The largest absolute Gasteiger partial charge is 0.336 e. The Morgan fingerprint density at radius 1 is 1.31 bits per heavy atom. The minimum Gasteiger partial charge on any atom is -0.336 e. The van der Waals surface area contributed by atoms with Crippen LogP contribution in [0.1, 0.15) is 58.8 Å². The van der Waals surface area contributed by atoms with Crippen LogP contribution in [0.25, 0.3) is 11.2 Å². The van der Waals surface area contributed by atoms with E-state index in [1.54, 1.807) is 0 Å². The number of likely N-dealkylation sites (tertiary alicyclic amines) is 1. The first-order valence-corrected chi connectivity index (χ1v) is 9.86. The van der Waals surface area contributed by atoms with E-state index in [2.05, 4.69) is 35.6 Å². The van der Waals surface area contributed by atoms with Gasteiger partial charge in [-0.15, -0.1) is 0 Å². The van der Waals surface area contributed by atoms with E-state index in [0.29, 0.717) is 12.0 Å². The summed E-state index contributed by atoms with van der Waals surface area (Å²) in [4.78, 5) is 23.7. The van der Waals surface area contributed by atoms with Crippen molar-refractivity contribution in [1.82, 2.24) is 24.8 Å². The molecule has 142 valence electrons. The normalized spacial score (nSPS) is 17.0. The standard InChI is InChI=1S/C20H31N5O/c1-5-15(4)22-20(26)24-11-8-16(9-12-24)25-18(13-14(2)3)23-17-7-6-10-21-19(17)25/h6-7,10,14-16H,5,8-9,11-13H2,1-4H3,(H,22,26)/t15-/m1/s1. The van der Waals surface area contributed by atoms with Crippen LogP contribution in [0.5, 0.6) is 0 Å². The van der Waals surface area contributed by atoms with Gasteiger partial charge < -0.3 is 14.8 Å². The van der Waals surface area contributed by atoms with Gasteiger partial charge in [0.1, 0.15) is 11.3 Å². The van der Waals surface area contributed by atoms with Crippen molar-refractivity contribution >= 4 is 17.2 Å². The van der Waals surface area contributed by atoms with Crippen molar-refractivity contribution in [3.8, 4) is 0 Å². The van der Waals surface area contributed by atoms with Gasteiger partial charge in [0.25, 0.3) is 0 Å². The predicted molar refractivity (Wildman–Crippen MR) is 104 cm³/mol. The molecule has 1 aliphatic heterocycles. The summed E-state index contributed by atoms with van der Waals surface area (Å²) in [6.07, 6.45) is 5.63. The summed E-state index contributed by atoms with van der Waals surface area (Å²) in [6.45, 7) is 10.1. The molecule has 1 N–H and O–H groups in total. The molecule has 0 aliphatic carbocycles. The molecule has 3 heterocycles. The van der Waals surface area contributed by atoms with E-state index < -0.39 is 0 Å². The van der Waals surface area contributed by atoms with Crippen LogP contribution in [-0.4, -0.2) is 44.6 Å². The lowest BCUT2D eigenvalue weighted by atomic mass is 10.0. The molecule has 0 radical (unpaired) electrons. The first kappa shape index (κ1) is 18.7. The van der Waals surface area contributed by atoms with Crippen molar-refractivity contribution in [2.75, 3.05) is 13.1 Å². The van der Waals surface area contributed by atoms with Gasteiger partial charge in [-0.2, -0.15) is 0 Å². The first-order valence-electron chi connectivity index (χ1n) is 9.86. The molecule has 1 fully saturated rings. The molecule has 1 aliphatic rings. The number of amides is 2. The highest BCUT2D eigenvalue weighted by Crippen LogP contribution is 2.29. The number of nitrogens with zero attached hydrogens (tertiary/aromatic N) is 4. The molecular weight excluding hydrogens is 326 g/mol. The maximum Gasteiger partial charge on any atom is 0.317 e. The molecule has 6 heteroatoms. The fourth-order valence-electron chi connectivity index (χ4n) is 3.60. The van der Waals surface area contributed by atoms with Crippen LogP contribution in [0.4, 0.5) is 4.79 Å². The second kappa shape index (κ2) is 8.06. The predicted octanol–water partition coefficient (Wildman–Crippen LogP) is 3.77. The zero-order valence-corrected chi connectivity index (χ0v) is 16.4. The highest BCUT2D eigenvalue weighted by atomic mass is 16.2. The maximum atomic E-state index is 12.4. The van der Waals surface area contributed by atoms with E-state index in [1.165, 1.54) is 0 Å². The van der Waals surface area contributed by atoms with E-state index in [4.69, 9.17) is 4.98 Å². The van der Waals surface area contributed by atoms with Gasteiger partial charge in [0.05, 0.1) is 0 Å². The van der Waals surface area contributed by atoms with Gasteiger partial charge in [-0.1, -0.05) is 20.8 Å². The summed E-state index contributed by atoms with van der Waals surface area (Å²) in [5.41, 5.74) is 1.95. The monoisotopic (exact) mass is 357 g/mol. The average molecular weight is 358 g/mol. The zero-order chi connectivity index (χ0) is 18.7. The lowest BCUT2D eigenvalue weighted by molar-refractivity contribution is 0.168. The van der Waals surface area contributed by atoms with Crippen LogP contribution in [0.3, 0.4) is 0 Å². The van der Waals surface area contributed by atoms with Crippen molar-refractivity contribution < 1.29 is 4.79 Å². The number of hydrogen-bond donors (Lipinski definition) is 1. The lowest BCUT2D eigenvalue weighted by Crippen LogP contribution is -2.47. The second-order valence-electron chi connectivity index (χ2n) is 7.82. The van der Waals surface area contributed by atoms with Gasteiger partial charge in [-0.05, 0) is 44.2 Å². The van der Waals surface area contributed by atoms with Gasteiger partial charge in [0.2, 0.25) is 0 Å². The summed E-state index contributed by atoms with van der Waals surface area (Å²) in [6, 6.07) is 4.63. The van der Waals surface area contributed by atoms with Crippen molar-refractivity contribution in [3.63, 3.8) is 0 Å². The molecule has 2 aromatic rings. The topological polar surface area (TPSA) is 63.1 Å². The SMILES string of the molecule is CC[C@@H](C)NC(=O)N1CCC(n2c(CC(C)C)nc3cccnc32)CC1. The van der Waals surface area contributed by atoms with Gasteiger partial charge in [0, 0.05) is 37.8 Å². The quantitative estimate of drug-likeness (QED) is 0.886. The molecule has 2 amide bonds. The minimum atomic E-state index is 0.0637. The van der Waals surface area contributed by atoms with Crippen molar-refractivity contribution in [3.05, 3.63) is 24.2 Å². The van der Waals surface area contributed by atoms with Crippen molar-refractivity contribution in [2.24, 2.45) is 5.92 Å². The van der Waals surface area contributed by atoms with Crippen molar-refractivity contribution in [1.29, 1.82) is 0 Å². The third-order valence-electron chi connectivity index (χ3n) is 5.21. The Morgan fingerprint density at radius 2 is 2.04 bits per heavy atom. The lowest BCUT2D eigenvalue weighted by Gasteiger charge is -2.34. The Morgan fingerprint density at radius 3 is 2.69 bits per heavy atom. The molecule has 26 heavy (non-hydrogen) atoms. The number of piperidine rings is 1. The number of carbonyl (C=O) groups excluding carboxylic acids is 1. The van der Waals surface area contributed by atoms with Gasteiger partial charge in [0.15, 0.2) is 5.65 Å². The molecule has 6 nitrogen and oxygen atoms in total. The van der Waals surface area contributed by atoms with Gasteiger partial charge in [-0.3, -0.25) is 0 Å². The number of carbonyl (C=O) groups is 1. The number of rotatable bonds is 5. The third-order valence-corrected chi connectivity index (χ3v) is 5.21. The maximum absolute atomic E-state index is 12.4. The Balaban J connectivity index is 1.76. The van der Waals surface area contributed by atoms with Crippen LogP contribution in [0.15, 0.2) is 18.3 Å². The minimum absolute atomic E-state index is 0.0637. The summed E-state index contributed by atoms with van der Waals surface area (Å²) < 4.78 is 2.33. The molecule has 1 atom stereocenters. The number of imidazole rings is 1. The molecule has 0 aromatic carbocycles. The van der Waals surface area contributed by atoms with E-state index in [9.17, 15) is 4.79 Å². The van der Waals surface area contributed by atoms with Gasteiger partial charge >= 0.3 is 6.03 Å². The van der Waals surface area contributed by atoms with E-state index in [1.807, 2.05) is 30.2 Å². The summed E-state index contributed by atoms with van der Waals surface area (Å²) in [7, 11) is 0. The number of fused-ring (bicyclic) bond motifs is 1.